The van der Waals surface area contributed by atoms with Gasteiger partial charge in [-0.2, -0.15) is 5.10 Å². The largest absolute Gasteiger partial charge is 0.480 e. The van der Waals surface area contributed by atoms with Gasteiger partial charge in [-0.05, 0) is 26.8 Å². The molecule has 0 unspecified atom stereocenters. The average Bonchev–Trinajstić information content (AvgIpc) is 2.53. The molecule has 1 rings (SSSR count). The zero-order chi connectivity index (χ0) is 13.2. The van der Waals surface area contributed by atoms with Crippen LogP contribution in [0.5, 0.6) is 0 Å². The highest BCUT2D eigenvalue weighted by molar-refractivity contribution is 7.99. The number of aryl methyl sites for hydroxylation is 2. The zero-order valence-corrected chi connectivity index (χ0v) is 11.4. The number of nitrogens with two attached hydrogens (primary N) is 1. The van der Waals surface area contributed by atoms with Crippen LogP contribution in [0.2, 0.25) is 0 Å². The van der Waals surface area contributed by atoms with E-state index in [2.05, 4.69) is 5.10 Å². The SMILES string of the molecule is Cc1cc(CSC(C)(C)[C@@H](N)C(=O)O)n(C)n1. The maximum Gasteiger partial charge on any atom is 0.321 e. The highest BCUT2D eigenvalue weighted by Crippen LogP contribution is 2.30. The van der Waals surface area contributed by atoms with Crippen molar-refractivity contribution >= 4 is 17.7 Å². The van der Waals surface area contributed by atoms with E-state index in [1.807, 2.05) is 38.6 Å². The summed E-state index contributed by atoms with van der Waals surface area (Å²) in [4.78, 5) is 10.9. The third-order valence-corrected chi connectivity index (χ3v) is 4.14. The second kappa shape index (κ2) is 5.10. The van der Waals surface area contributed by atoms with E-state index in [1.54, 1.807) is 0 Å². The predicted octanol–water partition coefficient (Wildman–Crippen LogP) is 1.15. The smallest absolute Gasteiger partial charge is 0.321 e. The van der Waals surface area contributed by atoms with Crippen LogP contribution in [0.15, 0.2) is 6.07 Å². The van der Waals surface area contributed by atoms with Crippen molar-refractivity contribution in [2.75, 3.05) is 0 Å². The Morgan fingerprint density at radius 1 is 1.71 bits per heavy atom. The van der Waals surface area contributed by atoms with E-state index in [9.17, 15) is 4.79 Å². The molecule has 0 bridgehead atoms. The van der Waals surface area contributed by atoms with Crippen molar-refractivity contribution < 1.29 is 9.90 Å². The lowest BCUT2D eigenvalue weighted by Gasteiger charge is -2.27. The molecule has 5 nitrogen and oxygen atoms in total. The van der Waals surface area contributed by atoms with Gasteiger partial charge in [-0.3, -0.25) is 9.48 Å². The first-order valence-corrected chi connectivity index (χ1v) is 6.34. The van der Waals surface area contributed by atoms with Crippen LogP contribution >= 0.6 is 11.8 Å². The molecule has 1 heterocycles. The first kappa shape index (κ1) is 14.1. The molecule has 0 spiro atoms. The molecule has 0 fully saturated rings. The summed E-state index contributed by atoms with van der Waals surface area (Å²) in [7, 11) is 1.88. The van der Waals surface area contributed by atoms with Gasteiger partial charge in [0.25, 0.3) is 0 Å². The van der Waals surface area contributed by atoms with Gasteiger partial charge in [0.15, 0.2) is 0 Å². The normalized spacial score (nSPS) is 13.7. The van der Waals surface area contributed by atoms with Crippen molar-refractivity contribution in [2.45, 2.75) is 37.3 Å². The van der Waals surface area contributed by atoms with Gasteiger partial charge in [-0.1, -0.05) is 0 Å². The van der Waals surface area contributed by atoms with Crippen LogP contribution in [0.3, 0.4) is 0 Å². The monoisotopic (exact) mass is 257 g/mol. The summed E-state index contributed by atoms with van der Waals surface area (Å²) in [5.74, 6) is -0.269. The van der Waals surface area contributed by atoms with E-state index in [0.29, 0.717) is 5.75 Å². The van der Waals surface area contributed by atoms with Crippen molar-refractivity contribution in [2.24, 2.45) is 12.8 Å². The lowest BCUT2D eigenvalue weighted by Crippen LogP contribution is -2.46. The van der Waals surface area contributed by atoms with E-state index in [4.69, 9.17) is 10.8 Å². The van der Waals surface area contributed by atoms with Gasteiger partial charge in [0.05, 0.1) is 5.69 Å². The molecule has 6 heteroatoms. The molecule has 1 aromatic rings. The molecule has 17 heavy (non-hydrogen) atoms. The quantitative estimate of drug-likeness (QED) is 0.827. The average molecular weight is 257 g/mol. The van der Waals surface area contributed by atoms with Crippen molar-refractivity contribution in [3.63, 3.8) is 0 Å². The van der Waals surface area contributed by atoms with Crippen molar-refractivity contribution in [1.82, 2.24) is 9.78 Å². The van der Waals surface area contributed by atoms with Crippen molar-refractivity contribution in [1.29, 1.82) is 0 Å². The Labute approximate surface area is 105 Å². The number of thioether (sulfide) groups is 1. The Morgan fingerprint density at radius 3 is 2.71 bits per heavy atom. The van der Waals surface area contributed by atoms with Crippen LogP contribution in [0.25, 0.3) is 0 Å². The maximum absolute atomic E-state index is 10.9. The number of carboxylic acid groups (broad SMARTS) is 1. The predicted molar refractivity (Wildman–Crippen MR) is 68.9 cm³/mol. The Bertz CT molecular complexity index is 415. The molecule has 0 aliphatic rings. The van der Waals surface area contributed by atoms with Crippen molar-refractivity contribution in [3.05, 3.63) is 17.5 Å². The number of hydrogen-bond donors (Lipinski definition) is 2. The molecule has 3 N–H and O–H groups in total. The summed E-state index contributed by atoms with van der Waals surface area (Å²) in [6.07, 6.45) is 0. The molecule has 0 amide bonds. The first-order chi connectivity index (χ1) is 7.74. The molecule has 96 valence electrons. The van der Waals surface area contributed by atoms with E-state index >= 15 is 0 Å². The van der Waals surface area contributed by atoms with Gasteiger partial charge in [0.2, 0.25) is 0 Å². The minimum Gasteiger partial charge on any atom is -0.480 e. The summed E-state index contributed by atoms with van der Waals surface area (Å²) >= 11 is 1.53. The topological polar surface area (TPSA) is 81.1 Å². The molecular formula is C11H19N3O2S. The van der Waals surface area contributed by atoms with Gasteiger partial charge in [0.1, 0.15) is 6.04 Å². The number of aliphatic carboxylic acids is 1. The minimum absolute atomic E-state index is 0.510. The molecule has 1 aromatic heterocycles. The molecule has 0 aromatic carbocycles. The number of carbonyl (C=O) groups is 1. The number of nitrogens with zero attached hydrogens (tertiary/aromatic N) is 2. The van der Waals surface area contributed by atoms with Crippen LogP contribution in [0.4, 0.5) is 0 Å². The molecule has 1 atom stereocenters. The standard InChI is InChI=1S/C11H19N3O2S/c1-7-5-8(14(4)13-7)6-17-11(2,3)9(12)10(15)16/h5,9H,6,12H2,1-4H3,(H,15,16)/t9-/m0/s1. The second-order valence-corrected chi connectivity index (χ2v) is 6.24. The summed E-state index contributed by atoms with van der Waals surface area (Å²) in [6.45, 7) is 5.63. The number of aromatic nitrogens is 2. The fourth-order valence-corrected chi connectivity index (χ4v) is 2.52. The summed E-state index contributed by atoms with van der Waals surface area (Å²) in [5, 5.41) is 13.2. The summed E-state index contributed by atoms with van der Waals surface area (Å²) < 4.78 is 1.30. The van der Waals surface area contributed by atoms with Gasteiger partial charge >= 0.3 is 5.97 Å². The number of rotatable bonds is 5. The fraction of sp³-hybridized carbons (Fsp3) is 0.636. The third-order valence-electron chi connectivity index (χ3n) is 2.71. The maximum atomic E-state index is 10.9. The highest BCUT2D eigenvalue weighted by atomic mass is 32.2. The Hall–Kier alpha value is -1.01. The Morgan fingerprint density at radius 2 is 2.29 bits per heavy atom. The van der Waals surface area contributed by atoms with Gasteiger partial charge in [-0.25, -0.2) is 0 Å². The summed E-state index contributed by atoms with van der Waals surface area (Å²) in [6, 6.07) is 1.12. The van der Waals surface area contributed by atoms with Crippen LogP contribution in [0, 0.1) is 6.92 Å². The van der Waals surface area contributed by atoms with E-state index in [0.717, 1.165) is 11.4 Å². The first-order valence-electron chi connectivity index (χ1n) is 5.36. The molecule has 0 aliphatic heterocycles. The van der Waals surface area contributed by atoms with Crippen LogP contribution in [0.1, 0.15) is 25.2 Å². The second-order valence-electron chi connectivity index (χ2n) is 4.61. The number of carboxylic acids is 1. The molecule has 0 saturated heterocycles. The van der Waals surface area contributed by atoms with Crippen LogP contribution in [-0.2, 0) is 17.6 Å². The molecule has 0 aliphatic carbocycles. The van der Waals surface area contributed by atoms with E-state index < -0.39 is 16.8 Å². The van der Waals surface area contributed by atoms with Gasteiger partial charge in [-0.15, -0.1) is 11.8 Å². The molecule has 0 radical (unpaired) electrons. The van der Waals surface area contributed by atoms with E-state index in [-0.39, 0.29) is 0 Å². The molecular weight excluding hydrogens is 238 g/mol. The third kappa shape index (κ3) is 3.47. The fourth-order valence-electron chi connectivity index (χ4n) is 1.45. The van der Waals surface area contributed by atoms with Gasteiger partial charge < -0.3 is 10.8 Å². The Balaban J connectivity index is 2.67. The minimum atomic E-state index is -0.969. The van der Waals surface area contributed by atoms with Crippen LogP contribution in [-0.4, -0.2) is 31.6 Å². The van der Waals surface area contributed by atoms with Crippen molar-refractivity contribution in [3.8, 4) is 0 Å². The Kier molecular flexibility index (Phi) is 4.21. The lowest BCUT2D eigenvalue weighted by molar-refractivity contribution is -0.139. The number of hydrogen-bond acceptors (Lipinski definition) is 4. The summed E-state index contributed by atoms with van der Waals surface area (Å²) in [5.41, 5.74) is 7.69. The lowest BCUT2D eigenvalue weighted by atomic mass is 10.1. The van der Waals surface area contributed by atoms with Crippen LogP contribution < -0.4 is 5.73 Å². The highest BCUT2D eigenvalue weighted by Gasteiger charge is 2.32. The molecule has 0 saturated carbocycles. The zero-order valence-electron chi connectivity index (χ0n) is 10.6. The van der Waals surface area contributed by atoms with E-state index in [1.165, 1.54) is 11.8 Å². The van der Waals surface area contributed by atoms with Gasteiger partial charge in [0, 0.05) is 23.2 Å².